The Morgan fingerprint density at radius 2 is 2.33 bits per heavy atom. The lowest BCUT2D eigenvalue weighted by Crippen LogP contribution is -2.57. The van der Waals surface area contributed by atoms with Crippen LogP contribution in [0.5, 0.6) is 0 Å². The van der Waals surface area contributed by atoms with Gasteiger partial charge in [-0.2, -0.15) is 0 Å². The van der Waals surface area contributed by atoms with E-state index in [0.29, 0.717) is 30.9 Å². The predicted molar refractivity (Wildman–Crippen MR) is 68.0 cm³/mol. The summed E-state index contributed by atoms with van der Waals surface area (Å²) in [6, 6.07) is 1.25. The number of carbonyl (C=O) groups excluding carboxylic acids is 2. The van der Waals surface area contributed by atoms with Gasteiger partial charge in [-0.25, -0.2) is 0 Å². The molecule has 1 aromatic rings. The monoisotopic (exact) mass is 250 g/mol. The molecule has 1 unspecified atom stereocenters. The summed E-state index contributed by atoms with van der Waals surface area (Å²) in [5.74, 6) is -0.227. The van der Waals surface area contributed by atoms with Crippen LogP contribution in [0.4, 0.5) is 5.69 Å². The number of aryl methyl sites for hydroxylation is 1. The summed E-state index contributed by atoms with van der Waals surface area (Å²) in [6.45, 7) is 2.93. The highest BCUT2D eigenvalue weighted by atomic mass is 16.2. The molecule has 1 fully saturated rings. The van der Waals surface area contributed by atoms with Crippen LogP contribution in [0, 0.1) is 0 Å². The van der Waals surface area contributed by atoms with Gasteiger partial charge in [0.2, 0.25) is 5.91 Å². The normalized spacial score (nSPS) is 19.8. The fourth-order valence-corrected chi connectivity index (χ4v) is 2.31. The van der Waals surface area contributed by atoms with Crippen molar-refractivity contribution in [1.82, 2.24) is 14.8 Å². The van der Waals surface area contributed by atoms with E-state index in [1.54, 1.807) is 28.8 Å². The summed E-state index contributed by atoms with van der Waals surface area (Å²) in [5.41, 5.74) is 6.74. The lowest BCUT2D eigenvalue weighted by molar-refractivity contribution is -0.127. The molecule has 6 nitrogen and oxygen atoms in total. The third-order valence-electron chi connectivity index (χ3n) is 3.22. The maximum Gasteiger partial charge on any atom is 0.271 e. The van der Waals surface area contributed by atoms with Gasteiger partial charge in [-0.15, -0.1) is 0 Å². The van der Waals surface area contributed by atoms with E-state index in [0.717, 1.165) is 0 Å². The quantitative estimate of drug-likeness (QED) is 0.772. The average molecular weight is 250 g/mol. The molecule has 2 heterocycles. The minimum atomic E-state index is -0.387. The summed E-state index contributed by atoms with van der Waals surface area (Å²) in [7, 11) is 1.77. The van der Waals surface area contributed by atoms with Gasteiger partial charge in [0.05, 0.1) is 5.69 Å². The third kappa shape index (κ3) is 2.05. The number of aromatic nitrogens is 1. The molecule has 0 saturated carbocycles. The highest BCUT2D eigenvalue weighted by Crippen LogP contribution is 2.16. The smallest absolute Gasteiger partial charge is 0.271 e. The second kappa shape index (κ2) is 4.72. The number of carbonyl (C=O) groups is 2. The number of anilines is 1. The lowest BCUT2D eigenvalue weighted by atomic mass is 10.1. The Morgan fingerprint density at radius 3 is 2.89 bits per heavy atom. The number of rotatable bonds is 2. The Bertz CT molecular complexity index is 480. The molecule has 98 valence electrons. The van der Waals surface area contributed by atoms with Gasteiger partial charge in [0, 0.05) is 26.3 Å². The predicted octanol–water partition coefficient (Wildman–Crippen LogP) is -0.0421. The molecular formula is C12H18N4O2. The van der Waals surface area contributed by atoms with Gasteiger partial charge in [0.15, 0.2) is 0 Å². The van der Waals surface area contributed by atoms with Crippen molar-refractivity contribution < 1.29 is 9.59 Å². The topological polar surface area (TPSA) is 80.4 Å². The molecule has 18 heavy (non-hydrogen) atoms. The zero-order chi connectivity index (χ0) is 13.3. The number of piperazine rings is 1. The van der Waals surface area contributed by atoms with Crippen LogP contribution in [0.1, 0.15) is 23.8 Å². The van der Waals surface area contributed by atoms with Crippen molar-refractivity contribution in [3.8, 4) is 0 Å². The van der Waals surface area contributed by atoms with E-state index in [1.165, 1.54) is 0 Å². The lowest BCUT2D eigenvalue weighted by Gasteiger charge is -2.34. The minimum Gasteiger partial charge on any atom is -0.397 e. The summed E-state index contributed by atoms with van der Waals surface area (Å²) < 4.78 is 1.69. The van der Waals surface area contributed by atoms with Crippen LogP contribution in [-0.2, 0) is 11.8 Å². The van der Waals surface area contributed by atoms with Crippen LogP contribution in [0.3, 0.4) is 0 Å². The van der Waals surface area contributed by atoms with E-state index in [9.17, 15) is 9.59 Å². The highest BCUT2D eigenvalue weighted by molar-refractivity contribution is 5.97. The van der Waals surface area contributed by atoms with Gasteiger partial charge in [0.1, 0.15) is 11.7 Å². The van der Waals surface area contributed by atoms with Gasteiger partial charge < -0.3 is 20.5 Å². The Balaban J connectivity index is 2.27. The number of nitrogens with two attached hydrogens (primary N) is 1. The Labute approximate surface area is 106 Å². The number of nitrogens with one attached hydrogen (secondary N) is 1. The molecule has 2 amide bonds. The second-order valence-electron chi connectivity index (χ2n) is 4.48. The van der Waals surface area contributed by atoms with E-state index < -0.39 is 0 Å². The van der Waals surface area contributed by atoms with Crippen molar-refractivity contribution in [1.29, 1.82) is 0 Å². The van der Waals surface area contributed by atoms with Crippen molar-refractivity contribution >= 4 is 17.5 Å². The molecule has 1 aliphatic rings. The van der Waals surface area contributed by atoms with Crippen LogP contribution in [-0.4, -0.2) is 40.4 Å². The standard InChI is InChI=1S/C12H18N4O2/c1-3-9-11(17)14-4-5-16(9)12(18)10-6-8(13)7-15(10)2/h6-7,9H,3-5,13H2,1-2H3,(H,14,17). The van der Waals surface area contributed by atoms with Crippen LogP contribution < -0.4 is 11.1 Å². The first kappa shape index (κ1) is 12.5. The minimum absolute atomic E-state index is 0.0840. The molecule has 0 spiro atoms. The van der Waals surface area contributed by atoms with E-state index in [4.69, 9.17) is 5.73 Å². The van der Waals surface area contributed by atoms with E-state index in [1.807, 2.05) is 6.92 Å². The van der Waals surface area contributed by atoms with Crippen molar-refractivity contribution in [2.24, 2.45) is 7.05 Å². The first-order valence-corrected chi connectivity index (χ1v) is 6.05. The number of amides is 2. The Kier molecular flexibility index (Phi) is 3.27. The molecule has 0 aliphatic carbocycles. The van der Waals surface area contributed by atoms with Crippen molar-refractivity contribution in [2.45, 2.75) is 19.4 Å². The summed E-state index contributed by atoms with van der Waals surface area (Å²) in [6.07, 6.45) is 2.30. The SMILES string of the molecule is CCC1C(=O)NCCN1C(=O)c1cc(N)cn1C. The zero-order valence-electron chi connectivity index (χ0n) is 10.6. The van der Waals surface area contributed by atoms with Crippen LogP contribution in [0.15, 0.2) is 12.3 Å². The van der Waals surface area contributed by atoms with E-state index >= 15 is 0 Å². The molecular weight excluding hydrogens is 232 g/mol. The molecule has 0 aromatic carbocycles. The molecule has 1 saturated heterocycles. The fraction of sp³-hybridized carbons (Fsp3) is 0.500. The van der Waals surface area contributed by atoms with Crippen molar-refractivity contribution in [2.75, 3.05) is 18.8 Å². The van der Waals surface area contributed by atoms with Crippen LogP contribution in [0.2, 0.25) is 0 Å². The van der Waals surface area contributed by atoms with E-state index in [-0.39, 0.29) is 17.9 Å². The number of hydrogen-bond donors (Lipinski definition) is 2. The molecule has 0 bridgehead atoms. The Hall–Kier alpha value is -1.98. The van der Waals surface area contributed by atoms with Gasteiger partial charge >= 0.3 is 0 Å². The van der Waals surface area contributed by atoms with E-state index in [2.05, 4.69) is 5.32 Å². The summed E-state index contributed by atoms with van der Waals surface area (Å²) in [4.78, 5) is 25.8. The van der Waals surface area contributed by atoms with Gasteiger partial charge in [-0.05, 0) is 12.5 Å². The van der Waals surface area contributed by atoms with Gasteiger partial charge in [0.25, 0.3) is 5.91 Å². The second-order valence-corrected chi connectivity index (χ2v) is 4.48. The largest absolute Gasteiger partial charge is 0.397 e. The molecule has 1 aromatic heterocycles. The molecule has 0 radical (unpaired) electrons. The molecule has 1 atom stereocenters. The van der Waals surface area contributed by atoms with Crippen LogP contribution in [0.25, 0.3) is 0 Å². The Morgan fingerprint density at radius 1 is 1.61 bits per heavy atom. The molecule has 6 heteroatoms. The molecule has 3 N–H and O–H groups in total. The maximum atomic E-state index is 12.4. The third-order valence-corrected chi connectivity index (χ3v) is 3.22. The van der Waals surface area contributed by atoms with Crippen LogP contribution >= 0.6 is 0 Å². The highest BCUT2D eigenvalue weighted by Gasteiger charge is 2.32. The summed E-state index contributed by atoms with van der Waals surface area (Å²) in [5, 5.41) is 2.77. The number of hydrogen-bond acceptors (Lipinski definition) is 3. The number of nitrogens with zero attached hydrogens (tertiary/aromatic N) is 2. The zero-order valence-corrected chi connectivity index (χ0v) is 10.6. The first-order chi connectivity index (χ1) is 8.54. The average Bonchev–Trinajstić information content (AvgIpc) is 2.67. The fourth-order valence-electron chi connectivity index (χ4n) is 2.31. The maximum absolute atomic E-state index is 12.4. The molecule has 2 rings (SSSR count). The van der Waals surface area contributed by atoms with Crippen molar-refractivity contribution in [3.05, 3.63) is 18.0 Å². The molecule has 1 aliphatic heterocycles. The summed E-state index contributed by atoms with van der Waals surface area (Å²) >= 11 is 0. The van der Waals surface area contributed by atoms with Crippen molar-refractivity contribution in [3.63, 3.8) is 0 Å². The first-order valence-electron chi connectivity index (χ1n) is 6.05. The van der Waals surface area contributed by atoms with Gasteiger partial charge in [-0.3, -0.25) is 9.59 Å². The van der Waals surface area contributed by atoms with Gasteiger partial charge in [-0.1, -0.05) is 6.92 Å². The number of nitrogen functional groups attached to an aromatic ring is 1.